The molecule has 1 aliphatic heterocycles. The predicted octanol–water partition coefficient (Wildman–Crippen LogP) is 2.78. The Kier molecular flexibility index (Phi) is 4.73. The molecule has 2 aromatic rings. The average Bonchev–Trinajstić information content (AvgIpc) is 3.25. The first-order chi connectivity index (χ1) is 12.6. The van der Waals surface area contributed by atoms with Crippen molar-refractivity contribution in [2.75, 3.05) is 20.3 Å². The number of rotatable bonds is 6. The summed E-state index contributed by atoms with van der Waals surface area (Å²) in [4.78, 5) is 16.5. The van der Waals surface area contributed by atoms with Crippen LogP contribution in [-0.2, 0) is 20.8 Å². The highest BCUT2D eigenvalue weighted by molar-refractivity contribution is 5.79. The lowest BCUT2D eigenvalue weighted by molar-refractivity contribution is -0.148. The predicted molar refractivity (Wildman–Crippen MR) is 98.1 cm³/mol. The molecule has 140 valence electrons. The number of methoxy groups -OCH3 is 1. The highest BCUT2D eigenvalue weighted by Crippen LogP contribution is 2.43. The van der Waals surface area contributed by atoms with E-state index in [9.17, 15) is 4.79 Å². The van der Waals surface area contributed by atoms with Gasteiger partial charge < -0.3 is 19.6 Å². The first kappa shape index (κ1) is 17.5. The minimum absolute atomic E-state index is 0.00729. The molecule has 2 aliphatic rings. The molecule has 6 nitrogen and oxygen atoms in total. The van der Waals surface area contributed by atoms with E-state index < -0.39 is 5.97 Å². The SMILES string of the molecule is CO[C@@]12CC[C@@H](OCC(=O)O)C[C@@H]1N(Cc1ccc3[nH]ccc3c1)CC2. The van der Waals surface area contributed by atoms with Gasteiger partial charge in [-0.2, -0.15) is 0 Å². The summed E-state index contributed by atoms with van der Waals surface area (Å²) < 4.78 is 11.6. The zero-order chi connectivity index (χ0) is 18.1. The summed E-state index contributed by atoms with van der Waals surface area (Å²) in [5.74, 6) is -0.906. The van der Waals surface area contributed by atoms with Crippen molar-refractivity contribution in [1.29, 1.82) is 0 Å². The van der Waals surface area contributed by atoms with Crippen LogP contribution < -0.4 is 0 Å². The van der Waals surface area contributed by atoms with Crippen molar-refractivity contribution in [3.63, 3.8) is 0 Å². The number of ether oxygens (including phenoxy) is 2. The van der Waals surface area contributed by atoms with Gasteiger partial charge in [-0.15, -0.1) is 0 Å². The number of nitrogens with zero attached hydrogens (tertiary/aromatic N) is 1. The van der Waals surface area contributed by atoms with Gasteiger partial charge in [-0.1, -0.05) is 6.07 Å². The van der Waals surface area contributed by atoms with Crippen LogP contribution in [0, 0.1) is 0 Å². The number of fused-ring (bicyclic) bond motifs is 2. The second-order valence-corrected chi connectivity index (χ2v) is 7.51. The van der Waals surface area contributed by atoms with Gasteiger partial charge in [-0.25, -0.2) is 4.79 Å². The van der Waals surface area contributed by atoms with Gasteiger partial charge >= 0.3 is 5.97 Å². The van der Waals surface area contributed by atoms with E-state index in [1.54, 1.807) is 7.11 Å². The quantitative estimate of drug-likeness (QED) is 0.831. The Balaban J connectivity index is 1.49. The second kappa shape index (κ2) is 7.02. The monoisotopic (exact) mass is 358 g/mol. The number of benzene rings is 1. The first-order valence-electron chi connectivity index (χ1n) is 9.28. The van der Waals surface area contributed by atoms with Crippen LogP contribution in [0.2, 0.25) is 0 Å². The van der Waals surface area contributed by atoms with Crippen LogP contribution in [0.5, 0.6) is 0 Å². The number of carboxylic acid groups (broad SMARTS) is 1. The summed E-state index contributed by atoms with van der Waals surface area (Å²) in [6, 6.07) is 8.90. The fourth-order valence-corrected chi connectivity index (χ4v) is 4.72. The Labute approximate surface area is 153 Å². The van der Waals surface area contributed by atoms with Crippen molar-refractivity contribution < 1.29 is 19.4 Å². The van der Waals surface area contributed by atoms with Crippen LogP contribution in [0.25, 0.3) is 10.9 Å². The van der Waals surface area contributed by atoms with Crippen molar-refractivity contribution in [3.05, 3.63) is 36.0 Å². The summed E-state index contributed by atoms with van der Waals surface area (Å²) in [5.41, 5.74) is 2.32. The Hall–Kier alpha value is -1.89. The molecule has 1 aliphatic carbocycles. The molecule has 0 amide bonds. The molecule has 2 N–H and O–H groups in total. The lowest BCUT2D eigenvalue weighted by Gasteiger charge is -2.43. The smallest absolute Gasteiger partial charge is 0.329 e. The van der Waals surface area contributed by atoms with Crippen molar-refractivity contribution in [2.45, 2.75) is 50.0 Å². The molecule has 0 bridgehead atoms. The zero-order valence-electron chi connectivity index (χ0n) is 15.1. The molecule has 1 aromatic carbocycles. The van der Waals surface area contributed by atoms with Gasteiger partial charge in [0.2, 0.25) is 0 Å². The van der Waals surface area contributed by atoms with Crippen LogP contribution in [0.1, 0.15) is 31.2 Å². The molecule has 0 spiro atoms. The number of likely N-dealkylation sites (tertiary alicyclic amines) is 1. The third-order valence-electron chi connectivity index (χ3n) is 6.10. The van der Waals surface area contributed by atoms with Crippen molar-refractivity contribution in [1.82, 2.24) is 9.88 Å². The number of carbonyl (C=O) groups is 1. The Morgan fingerprint density at radius 3 is 3.08 bits per heavy atom. The summed E-state index contributed by atoms with van der Waals surface area (Å²) in [6.07, 6.45) is 5.59. The maximum Gasteiger partial charge on any atom is 0.329 e. The number of aromatic nitrogens is 1. The van der Waals surface area contributed by atoms with E-state index in [2.05, 4.69) is 34.1 Å². The number of carboxylic acids is 1. The third-order valence-corrected chi connectivity index (χ3v) is 6.10. The van der Waals surface area contributed by atoms with E-state index in [1.165, 1.54) is 10.9 Å². The molecule has 26 heavy (non-hydrogen) atoms. The third kappa shape index (κ3) is 3.24. The van der Waals surface area contributed by atoms with Gasteiger partial charge in [0.15, 0.2) is 0 Å². The number of hydrogen-bond acceptors (Lipinski definition) is 4. The molecule has 6 heteroatoms. The van der Waals surface area contributed by atoms with Gasteiger partial charge in [0.05, 0.1) is 11.7 Å². The van der Waals surface area contributed by atoms with E-state index in [4.69, 9.17) is 14.6 Å². The Bertz CT molecular complexity index is 789. The van der Waals surface area contributed by atoms with E-state index in [0.29, 0.717) is 0 Å². The van der Waals surface area contributed by atoms with Crippen molar-refractivity contribution in [2.24, 2.45) is 0 Å². The lowest BCUT2D eigenvalue weighted by Crippen LogP contribution is -2.51. The van der Waals surface area contributed by atoms with Gasteiger partial charge in [0.1, 0.15) is 6.61 Å². The first-order valence-corrected chi connectivity index (χ1v) is 9.28. The van der Waals surface area contributed by atoms with Gasteiger partial charge in [0.25, 0.3) is 0 Å². The minimum Gasteiger partial charge on any atom is -0.480 e. The largest absolute Gasteiger partial charge is 0.480 e. The molecule has 2 heterocycles. The lowest BCUT2D eigenvalue weighted by atomic mass is 9.79. The second-order valence-electron chi connectivity index (χ2n) is 7.51. The molecular weight excluding hydrogens is 332 g/mol. The van der Waals surface area contributed by atoms with Crippen LogP contribution in [0.15, 0.2) is 30.5 Å². The van der Waals surface area contributed by atoms with E-state index in [0.717, 1.165) is 44.3 Å². The summed E-state index contributed by atoms with van der Waals surface area (Å²) in [5, 5.41) is 10.1. The highest BCUT2D eigenvalue weighted by atomic mass is 16.5. The van der Waals surface area contributed by atoms with Crippen LogP contribution in [0.3, 0.4) is 0 Å². The molecule has 3 atom stereocenters. The molecular formula is C20H26N2O4. The topological polar surface area (TPSA) is 74.8 Å². The van der Waals surface area contributed by atoms with Crippen LogP contribution >= 0.6 is 0 Å². The Morgan fingerprint density at radius 1 is 1.38 bits per heavy atom. The maximum absolute atomic E-state index is 10.8. The summed E-state index contributed by atoms with van der Waals surface area (Å²) in [6.45, 7) is 1.65. The van der Waals surface area contributed by atoms with Gasteiger partial charge in [0, 0.05) is 38.0 Å². The van der Waals surface area contributed by atoms with Crippen LogP contribution in [-0.4, -0.2) is 59.0 Å². The molecule has 4 rings (SSSR count). The molecule has 1 saturated carbocycles. The number of H-pyrrole nitrogens is 1. The molecule has 0 radical (unpaired) electrons. The van der Waals surface area contributed by atoms with Gasteiger partial charge in [-0.3, -0.25) is 4.90 Å². The molecule has 2 fully saturated rings. The average molecular weight is 358 g/mol. The zero-order valence-corrected chi connectivity index (χ0v) is 15.1. The summed E-state index contributed by atoms with van der Waals surface area (Å²) >= 11 is 0. The number of nitrogens with one attached hydrogen (secondary N) is 1. The van der Waals surface area contributed by atoms with Crippen molar-refractivity contribution in [3.8, 4) is 0 Å². The molecule has 1 saturated heterocycles. The molecule has 0 unspecified atom stereocenters. The number of aromatic amines is 1. The summed E-state index contributed by atoms with van der Waals surface area (Å²) in [7, 11) is 1.81. The highest BCUT2D eigenvalue weighted by Gasteiger charge is 2.51. The number of hydrogen-bond donors (Lipinski definition) is 2. The molecule has 1 aromatic heterocycles. The van der Waals surface area contributed by atoms with E-state index >= 15 is 0 Å². The standard InChI is InChI=1S/C20H26N2O4/c1-25-20-6-4-16(26-13-19(23)24)11-18(20)22(9-7-20)12-14-2-3-17-15(10-14)5-8-21-17/h2-3,5,8,10,16,18,21H,4,6-7,9,11-13H2,1H3,(H,23,24)/t16-,18+,20-/m1/s1. The minimum atomic E-state index is -0.906. The maximum atomic E-state index is 10.8. The number of aliphatic carboxylic acids is 1. The fraction of sp³-hybridized carbons (Fsp3) is 0.550. The van der Waals surface area contributed by atoms with Crippen LogP contribution in [0.4, 0.5) is 0 Å². The van der Waals surface area contributed by atoms with Crippen molar-refractivity contribution >= 4 is 16.9 Å². The van der Waals surface area contributed by atoms with E-state index in [1.807, 2.05) is 6.20 Å². The Morgan fingerprint density at radius 2 is 2.27 bits per heavy atom. The van der Waals surface area contributed by atoms with E-state index in [-0.39, 0.29) is 24.4 Å². The fourth-order valence-electron chi connectivity index (χ4n) is 4.72. The normalized spacial score (nSPS) is 29.1. The van der Waals surface area contributed by atoms with Gasteiger partial charge in [-0.05, 0) is 54.8 Å².